The van der Waals surface area contributed by atoms with E-state index in [-0.39, 0.29) is 12.1 Å². The molecule has 1 unspecified atom stereocenters. The van der Waals surface area contributed by atoms with Crippen LogP contribution in [0.1, 0.15) is 19.8 Å². The van der Waals surface area contributed by atoms with Gasteiger partial charge in [-0.15, -0.1) is 11.8 Å². The SMILES string of the molecule is CCNC(CO)(CSc1ccc2ccccc2c1)C1CC1. The van der Waals surface area contributed by atoms with E-state index in [1.807, 2.05) is 11.8 Å². The smallest absolute Gasteiger partial charge is 0.0624 e. The predicted molar refractivity (Wildman–Crippen MR) is 90.9 cm³/mol. The molecule has 0 radical (unpaired) electrons. The van der Waals surface area contributed by atoms with Crippen LogP contribution in [0.3, 0.4) is 0 Å². The Bertz CT molecular complexity index is 611. The van der Waals surface area contributed by atoms with Gasteiger partial charge in [-0.05, 0) is 48.2 Å². The molecule has 1 atom stereocenters. The van der Waals surface area contributed by atoms with Crippen LogP contribution in [0, 0.1) is 5.92 Å². The van der Waals surface area contributed by atoms with Crippen LogP contribution in [0.2, 0.25) is 0 Å². The molecule has 2 aromatic rings. The number of hydrogen-bond acceptors (Lipinski definition) is 3. The highest BCUT2D eigenvalue weighted by atomic mass is 32.2. The van der Waals surface area contributed by atoms with Crippen LogP contribution >= 0.6 is 11.8 Å². The van der Waals surface area contributed by atoms with E-state index in [1.54, 1.807) is 0 Å². The Morgan fingerprint density at radius 3 is 2.62 bits per heavy atom. The van der Waals surface area contributed by atoms with Gasteiger partial charge in [0, 0.05) is 10.6 Å². The molecule has 3 heteroatoms. The van der Waals surface area contributed by atoms with Gasteiger partial charge in [0.25, 0.3) is 0 Å². The molecule has 2 aromatic carbocycles. The lowest BCUT2D eigenvalue weighted by Gasteiger charge is -2.33. The highest BCUT2D eigenvalue weighted by molar-refractivity contribution is 7.99. The third-order valence-corrected chi connectivity index (χ3v) is 5.63. The van der Waals surface area contributed by atoms with Crippen molar-refractivity contribution in [1.29, 1.82) is 0 Å². The first kappa shape index (κ1) is 14.9. The molecule has 0 saturated heterocycles. The predicted octanol–water partition coefficient (Wildman–Crippen LogP) is 3.68. The number of aliphatic hydroxyl groups is 1. The number of fused-ring (bicyclic) bond motifs is 1. The molecule has 0 aliphatic heterocycles. The number of thioether (sulfide) groups is 1. The molecule has 0 spiro atoms. The van der Waals surface area contributed by atoms with E-state index in [0.717, 1.165) is 12.3 Å². The largest absolute Gasteiger partial charge is 0.394 e. The second-order valence-corrected chi connectivity index (χ2v) is 6.97. The monoisotopic (exact) mass is 301 g/mol. The zero-order chi connectivity index (χ0) is 14.7. The molecule has 2 nitrogen and oxygen atoms in total. The van der Waals surface area contributed by atoms with E-state index in [0.29, 0.717) is 5.92 Å². The van der Waals surface area contributed by atoms with Crippen molar-refractivity contribution < 1.29 is 5.11 Å². The third kappa shape index (κ3) is 3.25. The molecule has 0 aromatic heterocycles. The fourth-order valence-corrected chi connectivity index (χ4v) is 4.23. The van der Waals surface area contributed by atoms with E-state index >= 15 is 0 Å². The first-order chi connectivity index (χ1) is 10.3. The van der Waals surface area contributed by atoms with Crippen molar-refractivity contribution in [2.75, 3.05) is 18.9 Å². The average molecular weight is 301 g/mol. The Labute approximate surface area is 130 Å². The van der Waals surface area contributed by atoms with Crippen LogP contribution in [0.5, 0.6) is 0 Å². The van der Waals surface area contributed by atoms with Gasteiger partial charge in [0.2, 0.25) is 0 Å². The normalized spacial score (nSPS) is 17.8. The summed E-state index contributed by atoms with van der Waals surface area (Å²) in [7, 11) is 0. The summed E-state index contributed by atoms with van der Waals surface area (Å²) in [5.74, 6) is 1.57. The van der Waals surface area contributed by atoms with Crippen LogP contribution in [-0.2, 0) is 0 Å². The quantitative estimate of drug-likeness (QED) is 0.765. The fourth-order valence-electron chi connectivity index (χ4n) is 3.00. The lowest BCUT2D eigenvalue weighted by Crippen LogP contribution is -2.52. The van der Waals surface area contributed by atoms with Gasteiger partial charge in [-0.1, -0.05) is 37.3 Å². The number of nitrogens with one attached hydrogen (secondary N) is 1. The van der Waals surface area contributed by atoms with E-state index in [2.05, 4.69) is 54.7 Å². The van der Waals surface area contributed by atoms with Gasteiger partial charge in [0.1, 0.15) is 0 Å². The van der Waals surface area contributed by atoms with Crippen molar-refractivity contribution in [2.45, 2.75) is 30.2 Å². The average Bonchev–Trinajstić information content (AvgIpc) is 3.36. The highest BCUT2D eigenvalue weighted by Crippen LogP contribution is 2.42. The maximum absolute atomic E-state index is 9.89. The Morgan fingerprint density at radius 2 is 1.95 bits per heavy atom. The van der Waals surface area contributed by atoms with Gasteiger partial charge in [-0.2, -0.15) is 0 Å². The molecule has 3 rings (SSSR count). The fraction of sp³-hybridized carbons (Fsp3) is 0.444. The van der Waals surface area contributed by atoms with E-state index in [4.69, 9.17) is 0 Å². The minimum atomic E-state index is -0.106. The summed E-state index contributed by atoms with van der Waals surface area (Å²) < 4.78 is 0. The van der Waals surface area contributed by atoms with Gasteiger partial charge in [0.05, 0.1) is 12.1 Å². The number of benzene rings is 2. The van der Waals surface area contributed by atoms with Crippen LogP contribution in [0.15, 0.2) is 47.4 Å². The summed E-state index contributed by atoms with van der Waals surface area (Å²) in [5.41, 5.74) is -0.106. The lowest BCUT2D eigenvalue weighted by molar-refractivity contribution is 0.161. The van der Waals surface area contributed by atoms with Crippen LogP contribution < -0.4 is 5.32 Å². The zero-order valence-corrected chi connectivity index (χ0v) is 13.3. The second-order valence-electron chi connectivity index (χ2n) is 5.92. The molecule has 1 fully saturated rings. The van der Waals surface area contributed by atoms with Crippen LogP contribution in [-0.4, -0.2) is 29.5 Å². The minimum Gasteiger partial charge on any atom is -0.394 e. The van der Waals surface area contributed by atoms with Gasteiger partial charge >= 0.3 is 0 Å². The summed E-state index contributed by atoms with van der Waals surface area (Å²) in [6, 6.07) is 15.1. The maximum atomic E-state index is 9.89. The van der Waals surface area contributed by atoms with E-state index < -0.39 is 0 Å². The van der Waals surface area contributed by atoms with Crippen molar-refractivity contribution >= 4 is 22.5 Å². The van der Waals surface area contributed by atoms with Gasteiger partial charge in [0.15, 0.2) is 0 Å². The van der Waals surface area contributed by atoms with Crippen molar-refractivity contribution in [3.63, 3.8) is 0 Å². The summed E-state index contributed by atoms with van der Waals surface area (Å²) >= 11 is 1.85. The molecule has 1 aliphatic carbocycles. The Morgan fingerprint density at radius 1 is 1.19 bits per heavy atom. The molecule has 0 heterocycles. The van der Waals surface area contributed by atoms with Crippen molar-refractivity contribution in [2.24, 2.45) is 5.92 Å². The lowest BCUT2D eigenvalue weighted by atomic mass is 9.97. The number of aliphatic hydroxyl groups excluding tert-OH is 1. The van der Waals surface area contributed by atoms with Crippen molar-refractivity contribution in [3.8, 4) is 0 Å². The number of likely N-dealkylation sites (N-methyl/N-ethyl adjacent to an activating group) is 1. The Kier molecular flexibility index (Phi) is 4.53. The molecular weight excluding hydrogens is 278 g/mol. The number of hydrogen-bond donors (Lipinski definition) is 2. The molecule has 2 N–H and O–H groups in total. The summed E-state index contributed by atoms with van der Waals surface area (Å²) in [5, 5.41) is 16.0. The zero-order valence-electron chi connectivity index (χ0n) is 12.5. The minimum absolute atomic E-state index is 0.106. The van der Waals surface area contributed by atoms with Crippen LogP contribution in [0.4, 0.5) is 0 Å². The Hall–Kier alpha value is -1.03. The Balaban J connectivity index is 1.74. The standard InChI is InChI=1S/C18H23NOS/c1-2-19-18(12-20,16-8-9-16)13-21-17-10-7-14-5-3-4-6-15(14)11-17/h3-7,10-11,16,19-20H,2,8-9,12-13H2,1H3. The topological polar surface area (TPSA) is 32.3 Å². The molecule has 112 valence electrons. The van der Waals surface area contributed by atoms with Crippen LogP contribution in [0.25, 0.3) is 10.8 Å². The highest BCUT2D eigenvalue weighted by Gasteiger charge is 2.44. The molecule has 21 heavy (non-hydrogen) atoms. The van der Waals surface area contributed by atoms with E-state index in [1.165, 1.54) is 28.5 Å². The van der Waals surface area contributed by atoms with Gasteiger partial charge < -0.3 is 10.4 Å². The summed E-state index contributed by atoms with van der Waals surface area (Å²) in [4.78, 5) is 1.28. The molecule has 0 amide bonds. The third-order valence-electron chi connectivity index (χ3n) is 4.39. The summed E-state index contributed by atoms with van der Waals surface area (Å²) in [6.07, 6.45) is 2.48. The van der Waals surface area contributed by atoms with E-state index in [9.17, 15) is 5.11 Å². The van der Waals surface area contributed by atoms with Crippen molar-refractivity contribution in [1.82, 2.24) is 5.32 Å². The van der Waals surface area contributed by atoms with Gasteiger partial charge in [-0.3, -0.25) is 0 Å². The molecule has 0 bridgehead atoms. The number of rotatable bonds is 7. The maximum Gasteiger partial charge on any atom is 0.0624 e. The first-order valence-electron chi connectivity index (χ1n) is 7.75. The van der Waals surface area contributed by atoms with Crippen molar-refractivity contribution in [3.05, 3.63) is 42.5 Å². The summed E-state index contributed by atoms with van der Waals surface area (Å²) in [6.45, 7) is 3.26. The van der Waals surface area contributed by atoms with Gasteiger partial charge in [-0.25, -0.2) is 0 Å². The molecule has 1 saturated carbocycles. The second kappa shape index (κ2) is 6.39. The first-order valence-corrected chi connectivity index (χ1v) is 8.73. The molecular formula is C18H23NOS. The molecule has 1 aliphatic rings.